The summed E-state index contributed by atoms with van der Waals surface area (Å²) in [5, 5.41) is 3.24. The highest BCUT2D eigenvalue weighted by Gasteiger charge is 2.20. The van der Waals surface area contributed by atoms with Gasteiger partial charge in [-0.05, 0) is 29.2 Å². The summed E-state index contributed by atoms with van der Waals surface area (Å²) in [6.07, 6.45) is 0. The van der Waals surface area contributed by atoms with Crippen molar-refractivity contribution in [2.45, 2.75) is 39.7 Å². The van der Waals surface area contributed by atoms with Gasteiger partial charge < -0.3 is 11.1 Å². The summed E-state index contributed by atoms with van der Waals surface area (Å²) in [7, 11) is 0. The minimum Gasteiger partial charge on any atom is -0.366 e. The van der Waals surface area contributed by atoms with Gasteiger partial charge in [0, 0.05) is 12.1 Å². The zero-order chi connectivity index (χ0) is 13.1. The first-order valence-corrected chi connectivity index (χ1v) is 6.00. The molecule has 0 saturated carbocycles. The first-order chi connectivity index (χ1) is 7.86. The van der Waals surface area contributed by atoms with Crippen LogP contribution >= 0.6 is 0 Å². The number of primary amides is 1. The molecule has 0 fully saturated rings. The Balaban J connectivity index is 3.13. The second kappa shape index (κ2) is 5.32. The number of nitrogens with two attached hydrogens (primary N) is 1. The van der Waals surface area contributed by atoms with E-state index in [0.717, 1.165) is 24.2 Å². The molecule has 1 aromatic carbocycles. The summed E-state index contributed by atoms with van der Waals surface area (Å²) in [5.74, 6) is -0.353. The van der Waals surface area contributed by atoms with E-state index in [-0.39, 0.29) is 11.3 Å². The second-order valence-electron chi connectivity index (χ2n) is 5.27. The van der Waals surface area contributed by atoms with Gasteiger partial charge in [0.1, 0.15) is 0 Å². The maximum absolute atomic E-state index is 11.5. The lowest BCUT2D eigenvalue weighted by atomic mass is 9.83. The Morgan fingerprint density at radius 1 is 1.35 bits per heavy atom. The molecule has 0 atom stereocenters. The number of carbonyl (C=O) groups is 1. The molecule has 3 nitrogen and oxygen atoms in total. The van der Waals surface area contributed by atoms with Gasteiger partial charge in [-0.2, -0.15) is 0 Å². The summed E-state index contributed by atoms with van der Waals surface area (Å²) in [5.41, 5.74) is 8.11. The Morgan fingerprint density at radius 3 is 2.47 bits per heavy atom. The Kier molecular flexibility index (Phi) is 4.29. The van der Waals surface area contributed by atoms with Crippen LogP contribution in [0.1, 0.15) is 49.2 Å². The molecular weight excluding hydrogens is 212 g/mol. The van der Waals surface area contributed by atoms with Crippen molar-refractivity contribution in [1.29, 1.82) is 0 Å². The lowest BCUT2D eigenvalue weighted by molar-refractivity contribution is 0.0998. The normalized spacial score (nSPS) is 11.5. The van der Waals surface area contributed by atoms with Crippen LogP contribution in [0.15, 0.2) is 18.2 Å². The first kappa shape index (κ1) is 13.7. The Hall–Kier alpha value is -1.35. The molecule has 3 N–H and O–H groups in total. The SMILES string of the molecule is CCNCc1ccc(C(C)(C)C)c(C(N)=O)c1. The number of amides is 1. The van der Waals surface area contributed by atoms with Crippen LogP contribution in [-0.2, 0) is 12.0 Å². The third-order valence-electron chi connectivity index (χ3n) is 2.74. The van der Waals surface area contributed by atoms with Crippen molar-refractivity contribution in [3.05, 3.63) is 34.9 Å². The quantitative estimate of drug-likeness (QED) is 0.839. The van der Waals surface area contributed by atoms with Gasteiger partial charge in [-0.25, -0.2) is 0 Å². The molecule has 0 bridgehead atoms. The molecule has 1 aromatic rings. The van der Waals surface area contributed by atoms with Gasteiger partial charge in [0.15, 0.2) is 0 Å². The van der Waals surface area contributed by atoms with Crippen molar-refractivity contribution in [2.75, 3.05) is 6.54 Å². The molecule has 0 unspecified atom stereocenters. The van der Waals surface area contributed by atoms with Gasteiger partial charge >= 0.3 is 0 Å². The van der Waals surface area contributed by atoms with Crippen LogP contribution in [-0.4, -0.2) is 12.5 Å². The summed E-state index contributed by atoms with van der Waals surface area (Å²) in [6.45, 7) is 9.98. The molecule has 0 heterocycles. The number of benzene rings is 1. The van der Waals surface area contributed by atoms with Crippen molar-refractivity contribution in [1.82, 2.24) is 5.32 Å². The number of carbonyl (C=O) groups excluding carboxylic acids is 1. The predicted octanol–water partition coefficient (Wildman–Crippen LogP) is 2.19. The standard InChI is InChI=1S/C14H22N2O/c1-5-16-9-10-6-7-12(14(2,3)4)11(8-10)13(15)17/h6-8,16H,5,9H2,1-4H3,(H2,15,17). The number of rotatable bonds is 4. The van der Waals surface area contributed by atoms with Crippen LogP contribution in [0.3, 0.4) is 0 Å². The van der Waals surface area contributed by atoms with Gasteiger partial charge in [-0.15, -0.1) is 0 Å². The Bertz CT molecular complexity index is 405. The number of nitrogens with one attached hydrogen (secondary N) is 1. The van der Waals surface area contributed by atoms with E-state index in [1.165, 1.54) is 0 Å². The minimum atomic E-state index is -0.353. The van der Waals surface area contributed by atoms with Crippen LogP contribution in [0, 0.1) is 0 Å². The van der Waals surface area contributed by atoms with Gasteiger partial charge in [0.05, 0.1) is 0 Å². The molecule has 0 radical (unpaired) electrons. The summed E-state index contributed by atoms with van der Waals surface area (Å²) in [6, 6.07) is 5.95. The van der Waals surface area contributed by atoms with Crippen molar-refractivity contribution in [2.24, 2.45) is 5.73 Å². The summed E-state index contributed by atoms with van der Waals surface area (Å²) in [4.78, 5) is 11.5. The molecule has 0 aliphatic heterocycles. The van der Waals surface area contributed by atoms with Crippen molar-refractivity contribution in [3.8, 4) is 0 Å². The van der Waals surface area contributed by atoms with Crippen molar-refractivity contribution in [3.63, 3.8) is 0 Å². The van der Waals surface area contributed by atoms with E-state index in [1.807, 2.05) is 12.1 Å². The Labute approximate surface area is 103 Å². The Morgan fingerprint density at radius 2 is 2.00 bits per heavy atom. The smallest absolute Gasteiger partial charge is 0.249 e. The molecule has 0 spiro atoms. The topological polar surface area (TPSA) is 55.1 Å². The van der Waals surface area contributed by atoms with Gasteiger partial charge in [0.2, 0.25) is 5.91 Å². The summed E-state index contributed by atoms with van der Waals surface area (Å²) < 4.78 is 0. The third-order valence-corrected chi connectivity index (χ3v) is 2.74. The lowest BCUT2D eigenvalue weighted by Gasteiger charge is -2.22. The fourth-order valence-electron chi connectivity index (χ4n) is 1.83. The van der Waals surface area contributed by atoms with Gasteiger partial charge in [-0.3, -0.25) is 4.79 Å². The van der Waals surface area contributed by atoms with E-state index in [1.54, 1.807) is 0 Å². The van der Waals surface area contributed by atoms with Crippen LogP contribution in [0.5, 0.6) is 0 Å². The van der Waals surface area contributed by atoms with E-state index >= 15 is 0 Å². The highest BCUT2D eigenvalue weighted by Crippen LogP contribution is 2.26. The maximum atomic E-state index is 11.5. The number of hydrogen-bond donors (Lipinski definition) is 2. The fourth-order valence-corrected chi connectivity index (χ4v) is 1.83. The molecule has 1 amide bonds. The highest BCUT2D eigenvalue weighted by atomic mass is 16.1. The fraction of sp³-hybridized carbons (Fsp3) is 0.500. The summed E-state index contributed by atoms with van der Waals surface area (Å²) >= 11 is 0. The number of hydrogen-bond acceptors (Lipinski definition) is 2. The van der Waals surface area contributed by atoms with Crippen LogP contribution in [0.4, 0.5) is 0 Å². The van der Waals surface area contributed by atoms with Crippen LogP contribution in [0.2, 0.25) is 0 Å². The molecule has 94 valence electrons. The molecule has 0 aromatic heterocycles. The van der Waals surface area contributed by atoms with E-state index < -0.39 is 0 Å². The molecule has 0 saturated heterocycles. The second-order valence-corrected chi connectivity index (χ2v) is 5.27. The van der Waals surface area contributed by atoms with Crippen molar-refractivity contribution >= 4 is 5.91 Å². The van der Waals surface area contributed by atoms with Gasteiger partial charge in [0.25, 0.3) is 0 Å². The average Bonchev–Trinajstić information content (AvgIpc) is 2.24. The molecular formula is C14H22N2O. The third kappa shape index (κ3) is 3.56. The van der Waals surface area contributed by atoms with E-state index in [2.05, 4.69) is 39.1 Å². The minimum absolute atomic E-state index is 0.0684. The molecule has 17 heavy (non-hydrogen) atoms. The molecule has 0 aliphatic rings. The van der Waals surface area contributed by atoms with E-state index in [0.29, 0.717) is 5.56 Å². The van der Waals surface area contributed by atoms with Gasteiger partial charge in [-0.1, -0.05) is 39.8 Å². The maximum Gasteiger partial charge on any atom is 0.249 e. The predicted molar refractivity (Wildman–Crippen MR) is 71.0 cm³/mol. The monoisotopic (exact) mass is 234 g/mol. The zero-order valence-corrected chi connectivity index (χ0v) is 11.1. The zero-order valence-electron chi connectivity index (χ0n) is 11.1. The first-order valence-electron chi connectivity index (χ1n) is 6.00. The molecule has 0 aliphatic carbocycles. The van der Waals surface area contributed by atoms with E-state index in [9.17, 15) is 4.79 Å². The van der Waals surface area contributed by atoms with Crippen LogP contribution in [0.25, 0.3) is 0 Å². The molecule has 3 heteroatoms. The highest BCUT2D eigenvalue weighted by molar-refractivity contribution is 5.94. The largest absolute Gasteiger partial charge is 0.366 e. The lowest BCUT2D eigenvalue weighted by Crippen LogP contribution is -2.22. The average molecular weight is 234 g/mol. The van der Waals surface area contributed by atoms with Crippen molar-refractivity contribution < 1.29 is 4.79 Å². The molecule has 1 rings (SSSR count). The van der Waals surface area contributed by atoms with Crippen LogP contribution < -0.4 is 11.1 Å². The van der Waals surface area contributed by atoms with E-state index in [4.69, 9.17) is 5.73 Å².